The van der Waals surface area contributed by atoms with E-state index in [9.17, 15) is 4.79 Å². The Balaban J connectivity index is 3.16. The average molecular weight is 251 g/mol. The molecular weight excluding hydrogens is 230 g/mol. The quantitative estimate of drug-likeness (QED) is 0.776. The SMILES string of the molecule is COCCC(CN)(C(=O)OC)c1ccc(C)cc1. The summed E-state index contributed by atoms with van der Waals surface area (Å²) in [5, 5.41) is 0. The lowest BCUT2D eigenvalue weighted by atomic mass is 9.77. The van der Waals surface area contributed by atoms with E-state index in [1.165, 1.54) is 7.11 Å². The second kappa shape index (κ2) is 6.52. The van der Waals surface area contributed by atoms with Crippen molar-refractivity contribution in [2.45, 2.75) is 18.8 Å². The van der Waals surface area contributed by atoms with Crippen LogP contribution in [0.4, 0.5) is 0 Å². The molecule has 4 nitrogen and oxygen atoms in total. The molecule has 0 radical (unpaired) electrons. The molecule has 1 rings (SSSR count). The number of hydrogen-bond donors (Lipinski definition) is 1. The van der Waals surface area contributed by atoms with E-state index in [1.54, 1.807) is 7.11 Å². The van der Waals surface area contributed by atoms with Crippen molar-refractivity contribution in [2.24, 2.45) is 5.73 Å². The molecule has 0 saturated carbocycles. The highest BCUT2D eigenvalue weighted by Crippen LogP contribution is 2.29. The van der Waals surface area contributed by atoms with Crippen LogP contribution in [0.1, 0.15) is 17.5 Å². The minimum atomic E-state index is -0.821. The number of hydrogen-bond acceptors (Lipinski definition) is 4. The van der Waals surface area contributed by atoms with Gasteiger partial charge in [-0.1, -0.05) is 29.8 Å². The van der Waals surface area contributed by atoms with E-state index in [0.717, 1.165) is 11.1 Å². The van der Waals surface area contributed by atoms with E-state index < -0.39 is 5.41 Å². The van der Waals surface area contributed by atoms with Crippen molar-refractivity contribution in [3.05, 3.63) is 35.4 Å². The molecule has 1 unspecified atom stereocenters. The van der Waals surface area contributed by atoms with Gasteiger partial charge in [0.2, 0.25) is 0 Å². The molecule has 0 saturated heterocycles. The first-order valence-electron chi connectivity index (χ1n) is 5.95. The molecule has 100 valence electrons. The van der Waals surface area contributed by atoms with Gasteiger partial charge < -0.3 is 15.2 Å². The Morgan fingerprint density at radius 2 is 1.89 bits per heavy atom. The molecule has 4 heteroatoms. The third kappa shape index (κ3) is 2.89. The third-order valence-electron chi connectivity index (χ3n) is 3.26. The minimum Gasteiger partial charge on any atom is -0.468 e. The van der Waals surface area contributed by atoms with Gasteiger partial charge in [-0.2, -0.15) is 0 Å². The summed E-state index contributed by atoms with van der Waals surface area (Å²) >= 11 is 0. The summed E-state index contributed by atoms with van der Waals surface area (Å²) in [6.45, 7) is 2.66. The molecule has 0 spiro atoms. The Morgan fingerprint density at radius 3 is 2.33 bits per heavy atom. The molecule has 1 atom stereocenters. The molecule has 0 heterocycles. The van der Waals surface area contributed by atoms with Crippen molar-refractivity contribution < 1.29 is 14.3 Å². The summed E-state index contributed by atoms with van der Waals surface area (Å²) in [6, 6.07) is 7.79. The lowest BCUT2D eigenvalue weighted by Gasteiger charge is -2.30. The zero-order valence-electron chi connectivity index (χ0n) is 11.2. The van der Waals surface area contributed by atoms with Crippen LogP contribution in [0.5, 0.6) is 0 Å². The molecule has 0 aliphatic heterocycles. The normalized spacial score (nSPS) is 14.0. The van der Waals surface area contributed by atoms with Gasteiger partial charge in [0.1, 0.15) is 5.41 Å². The maximum atomic E-state index is 12.1. The maximum absolute atomic E-state index is 12.1. The summed E-state index contributed by atoms with van der Waals surface area (Å²) < 4.78 is 9.99. The fourth-order valence-electron chi connectivity index (χ4n) is 2.01. The van der Waals surface area contributed by atoms with Crippen LogP contribution in [0, 0.1) is 6.92 Å². The fraction of sp³-hybridized carbons (Fsp3) is 0.500. The molecule has 18 heavy (non-hydrogen) atoms. The van der Waals surface area contributed by atoms with Crippen molar-refractivity contribution in [2.75, 3.05) is 27.4 Å². The molecule has 0 aliphatic carbocycles. The molecule has 0 aliphatic rings. The standard InChI is InChI=1S/C14H21NO3/c1-11-4-6-12(7-5-11)14(10-15,8-9-17-2)13(16)18-3/h4-7H,8-10,15H2,1-3H3. The van der Waals surface area contributed by atoms with Crippen LogP contribution in [0.2, 0.25) is 0 Å². The Kier molecular flexibility index (Phi) is 5.31. The Bertz CT molecular complexity index is 389. The highest BCUT2D eigenvalue weighted by molar-refractivity contribution is 5.83. The first kappa shape index (κ1) is 14.7. The van der Waals surface area contributed by atoms with Crippen LogP contribution in [-0.2, 0) is 19.7 Å². The van der Waals surface area contributed by atoms with Crippen molar-refractivity contribution in [1.29, 1.82) is 0 Å². The molecule has 0 bridgehead atoms. The highest BCUT2D eigenvalue weighted by Gasteiger charge is 2.39. The predicted molar refractivity (Wildman–Crippen MR) is 70.4 cm³/mol. The van der Waals surface area contributed by atoms with Crippen LogP contribution in [0.25, 0.3) is 0 Å². The molecular formula is C14H21NO3. The second-order valence-corrected chi connectivity index (χ2v) is 4.39. The monoisotopic (exact) mass is 251 g/mol. The number of nitrogens with two attached hydrogens (primary N) is 1. The fourth-order valence-corrected chi connectivity index (χ4v) is 2.01. The summed E-state index contributed by atoms with van der Waals surface area (Å²) in [4.78, 5) is 12.1. The van der Waals surface area contributed by atoms with E-state index in [2.05, 4.69) is 0 Å². The van der Waals surface area contributed by atoms with Gasteiger partial charge in [0.15, 0.2) is 0 Å². The van der Waals surface area contributed by atoms with Crippen molar-refractivity contribution in [1.82, 2.24) is 0 Å². The van der Waals surface area contributed by atoms with E-state index in [0.29, 0.717) is 13.0 Å². The zero-order valence-corrected chi connectivity index (χ0v) is 11.2. The predicted octanol–water partition coefficient (Wildman–Crippen LogP) is 1.40. The average Bonchev–Trinajstić information content (AvgIpc) is 2.41. The highest BCUT2D eigenvalue weighted by atomic mass is 16.5. The van der Waals surface area contributed by atoms with E-state index in [1.807, 2.05) is 31.2 Å². The molecule has 0 amide bonds. The molecule has 1 aromatic carbocycles. The number of ether oxygens (including phenoxy) is 2. The van der Waals surface area contributed by atoms with Crippen molar-refractivity contribution in [3.63, 3.8) is 0 Å². The lowest BCUT2D eigenvalue weighted by molar-refractivity contribution is -0.148. The first-order chi connectivity index (χ1) is 8.60. The van der Waals surface area contributed by atoms with E-state index in [4.69, 9.17) is 15.2 Å². The summed E-state index contributed by atoms with van der Waals surface area (Å²) in [5.41, 5.74) is 7.03. The van der Waals surface area contributed by atoms with Gasteiger partial charge in [-0.05, 0) is 18.9 Å². The number of methoxy groups -OCH3 is 2. The Hall–Kier alpha value is -1.39. The van der Waals surface area contributed by atoms with Crippen LogP contribution in [0.3, 0.4) is 0 Å². The van der Waals surface area contributed by atoms with Crippen LogP contribution in [-0.4, -0.2) is 33.3 Å². The number of esters is 1. The Morgan fingerprint density at radius 1 is 1.28 bits per heavy atom. The van der Waals surface area contributed by atoms with Gasteiger partial charge in [0, 0.05) is 20.3 Å². The molecule has 0 fully saturated rings. The summed E-state index contributed by atoms with van der Waals surface area (Å²) in [7, 11) is 2.99. The summed E-state index contributed by atoms with van der Waals surface area (Å²) in [5.74, 6) is -0.314. The number of benzene rings is 1. The summed E-state index contributed by atoms with van der Waals surface area (Å²) in [6.07, 6.45) is 0.510. The topological polar surface area (TPSA) is 61.5 Å². The van der Waals surface area contributed by atoms with Gasteiger partial charge in [-0.15, -0.1) is 0 Å². The van der Waals surface area contributed by atoms with Gasteiger partial charge in [-0.3, -0.25) is 4.79 Å². The van der Waals surface area contributed by atoms with Gasteiger partial charge in [-0.25, -0.2) is 0 Å². The van der Waals surface area contributed by atoms with Gasteiger partial charge >= 0.3 is 5.97 Å². The van der Waals surface area contributed by atoms with Crippen LogP contribution in [0.15, 0.2) is 24.3 Å². The lowest BCUT2D eigenvalue weighted by Crippen LogP contribution is -2.44. The molecule has 1 aromatic rings. The van der Waals surface area contributed by atoms with Crippen molar-refractivity contribution in [3.8, 4) is 0 Å². The number of carbonyl (C=O) groups is 1. The number of rotatable bonds is 6. The minimum absolute atomic E-state index is 0.200. The smallest absolute Gasteiger partial charge is 0.317 e. The van der Waals surface area contributed by atoms with Gasteiger partial charge in [0.25, 0.3) is 0 Å². The van der Waals surface area contributed by atoms with E-state index in [-0.39, 0.29) is 12.5 Å². The number of aryl methyl sites for hydroxylation is 1. The largest absolute Gasteiger partial charge is 0.468 e. The van der Waals surface area contributed by atoms with Gasteiger partial charge in [0.05, 0.1) is 7.11 Å². The van der Waals surface area contributed by atoms with Crippen LogP contribution < -0.4 is 5.73 Å². The second-order valence-electron chi connectivity index (χ2n) is 4.39. The molecule has 0 aromatic heterocycles. The maximum Gasteiger partial charge on any atom is 0.317 e. The molecule has 2 N–H and O–H groups in total. The van der Waals surface area contributed by atoms with Crippen LogP contribution >= 0.6 is 0 Å². The van der Waals surface area contributed by atoms with Crippen molar-refractivity contribution >= 4 is 5.97 Å². The van der Waals surface area contributed by atoms with E-state index >= 15 is 0 Å². The number of carbonyl (C=O) groups excluding carboxylic acids is 1. The third-order valence-corrected chi connectivity index (χ3v) is 3.26. The Labute approximate surface area is 108 Å². The zero-order chi connectivity index (χ0) is 13.6. The first-order valence-corrected chi connectivity index (χ1v) is 5.95.